The Kier molecular flexibility index (Phi) is 6.18. The molecule has 0 spiro atoms. The van der Waals surface area contributed by atoms with Crippen LogP contribution in [-0.2, 0) is 11.3 Å². The van der Waals surface area contributed by atoms with E-state index >= 15 is 0 Å². The number of ether oxygens (including phenoxy) is 1. The van der Waals surface area contributed by atoms with Crippen molar-refractivity contribution in [1.82, 2.24) is 14.8 Å². The molecule has 0 saturated carbocycles. The summed E-state index contributed by atoms with van der Waals surface area (Å²) in [7, 11) is 1.61. The van der Waals surface area contributed by atoms with E-state index in [9.17, 15) is 4.79 Å². The molecule has 0 aliphatic rings. The van der Waals surface area contributed by atoms with Gasteiger partial charge in [-0.15, -0.1) is 10.2 Å². The number of nitrogens with one attached hydrogen (secondary N) is 1. The van der Waals surface area contributed by atoms with Crippen molar-refractivity contribution in [2.45, 2.75) is 25.5 Å². The molecule has 0 aliphatic carbocycles. The third-order valence-electron chi connectivity index (χ3n) is 3.71. The average molecular weight is 386 g/mol. The van der Waals surface area contributed by atoms with Crippen molar-refractivity contribution in [2.75, 3.05) is 18.2 Å². The summed E-state index contributed by atoms with van der Waals surface area (Å²) < 4.78 is 12.6. The predicted octanol–water partition coefficient (Wildman–Crippen LogP) is 3.93. The topological polar surface area (TPSA) is 82.2 Å². The fourth-order valence-corrected chi connectivity index (χ4v) is 3.26. The lowest BCUT2D eigenvalue weighted by Gasteiger charge is -2.11. The summed E-state index contributed by atoms with van der Waals surface area (Å²) in [6.07, 6.45) is 1.61. The van der Waals surface area contributed by atoms with E-state index in [1.165, 1.54) is 11.8 Å². The minimum atomic E-state index is -0.108. The van der Waals surface area contributed by atoms with E-state index in [0.29, 0.717) is 22.7 Å². The second-order valence-electron chi connectivity index (χ2n) is 6.35. The number of rotatable bonds is 8. The number of carbonyl (C=O) groups is 1. The van der Waals surface area contributed by atoms with Crippen LogP contribution >= 0.6 is 11.8 Å². The van der Waals surface area contributed by atoms with Crippen molar-refractivity contribution in [3.63, 3.8) is 0 Å². The largest absolute Gasteiger partial charge is 0.497 e. The number of aromatic nitrogens is 3. The number of furan rings is 1. The van der Waals surface area contributed by atoms with Gasteiger partial charge in [0.1, 0.15) is 5.75 Å². The van der Waals surface area contributed by atoms with Gasteiger partial charge >= 0.3 is 0 Å². The standard InChI is InChI=1S/C19H22N4O3S/c1-13(2)11-23-18(16-5-4-10-26-16)21-22-19(23)27-12-17(24)20-14-6-8-15(25-3)9-7-14/h4-10,13H,11-12H2,1-3H3,(H,20,24). The number of thioether (sulfide) groups is 1. The van der Waals surface area contributed by atoms with Gasteiger partial charge in [0.25, 0.3) is 0 Å². The van der Waals surface area contributed by atoms with Gasteiger partial charge in [-0.2, -0.15) is 0 Å². The zero-order chi connectivity index (χ0) is 19.2. The van der Waals surface area contributed by atoms with Crippen molar-refractivity contribution in [3.05, 3.63) is 42.7 Å². The first kappa shape index (κ1) is 19.0. The minimum absolute atomic E-state index is 0.108. The van der Waals surface area contributed by atoms with Crippen LogP contribution in [0.15, 0.2) is 52.2 Å². The highest BCUT2D eigenvalue weighted by atomic mass is 32.2. The molecule has 0 atom stereocenters. The van der Waals surface area contributed by atoms with Gasteiger partial charge in [0.15, 0.2) is 16.7 Å². The Morgan fingerprint density at radius 2 is 2.04 bits per heavy atom. The molecule has 27 heavy (non-hydrogen) atoms. The highest BCUT2D eigenvalue weighted by molar-refractivity contribution is 7.99. The van der Waals surface area contributed by atoms with Crippen molar-refractivity contribution in [2.24, 2.45) is 5.92 Å². The Morgan fingerprint density at radius 1 is 1.26 bits per heavy atom. The molecular formula is C19H22N4O3S. The summed E-state index contributed by atoms with van der Waals surface area (Å²) in [6.45, 7) is 4.99. The number of amides is 1. The Labute approximate surface area is 162 Å². The summed E-state index contributed by atoms with van der Waals surface area (Å²) >= 11 is 1.35. The summed E-state index contributed by atoms with van der Waals surface area (Å²) in [6, 6.07) is 10.9. The van der Waals surface area contributed by atoms with Crippen LogP contribution in [0, 0.1) is 5.92 Å². The van der Waals surface area contributed by atoms with Crippen LogP contribution in [0.4, 0.5) is 5.69 Å². The van der Waals surface area contributed by atoms with E-state index in [-0.39, 0.29) is 11.7 Å². The Bertz CT molecular complexity index is 873. The van der Waals surface area contributed by atoms with Gasteiger partial charge in [0.05, 0.1) is 19.1 Å². The molecule has 3 aromatic rings. The molecule has 8 heteroatoms. The number of methoxy groups -OCH3 is 1. The summed E-state index contributed by atoms with van der Waals surface area (Å²) in [5.74, 6) is 2.62. The minimum Gasteiger partial charge on any atom is -0.497 e. The maximum absolute atomic E-state index is 12.3. The van der Waals surface area contributed by atoms with Crippen LogP contribution in [0.3, 0.4) is 0 Å². The number of nitrogens with zero attached hydrogens (tertiary/aromatic N) is 3. The van der Waals surface area contributed by atoms with Crippen LogP contribution < -0.4 is 10.1 Å². The van der Waals surface area contributed by atoms with Gasteiger partial charge in [-0.25, -0.2) is 0 Å². The molecular weight excluding hydrogens is 364 g/mol. The van der Waals surface area contributed by atoms with Gasteiger partial charge in [-0.1, -0.05) is 25.6 Å². The second kappa shape index (κ2) is 8.77. The van der Waals surface area contributed by atoms with Crippen LogP contribution in [0.5, 0.6) is 5.75 Å². The maximum atomic E-state index is 12.3. The molecule has 1 N–H and O–H groups in total. The molecule has 0 fully saturated rings. The van der Waals surface area contributed by atoms with Crippen molar-refractivity contribution in [1.29, 1.82) is 0 Å². The molecule has 0 bridgehead atoms. The quantitative estimate of drug-likeness (QED) is 0.591. The fourth-order valence-electron chi connectivity index (χ4n) is 2.51. The number of anilines is 1. The van der Waals surface area contributed by atoms with Gasteiger partial charge in [-0.3, -0.25) is 9.36 Å². The molecule has 0 radical (unpaired) electrons. The van der Waals surface area contributed by atoms with Crippen LogP contribution in [-0.4, -0.2) is 33.5 Å². The molecule has 142 valence electrons. The molecule has 2 aromatic heterocycles. The van der Waals surface area contributed by atoms with E-state index < -0.39 is 0 Å². The van der Waals surface area contributed by atoms with E-state index in [2.05, 4.69) is 29.4 Å². The number of hydrogen-bond donors (Lipinski definition) is 1. The number of hydrogen-bond acceptors (Lipinski definition) is 6. The number of benzene rings is 1. The summed E-state index contributed by atoms with van der Waals surface area (Å²) in [5, 5.41) is 12.1. The van der Waals surface area contributed by atoms with Gasteiger partial charge in [-0.05, 0) is 42.3 Å². The first-order chi connectivity index (χ1) is 13.1. The first-order valence-electron chi connectivity index (χ1n) is 8.60. The highest BCUT2D eigenvalue weighted by Gasteiger charge is 2.18. The molecule has 0 unspecified atom stereocenters. The molecule has 0 saturated heterocycles. The van der Waals surface area contributed by atoms with Crippen LogP contribution in [0.1, 0.15) is 13.8 Å². The highest BCUT2D eigenvalue weighted by Crippen LogP contribution is 2.25. The average Bonchev–Trinajstić information content (AvgIpc) is 3.30. The summed E-state index contributed by atoms with van der Waals surface area (Å²) in [4.78, 5) is 12.3. The predicted molar refractivity (Wildman–Crippen MR) is 105 cm³/mol. The van der Waals surface area contributed by atoms with E-state index in [1.54, 1.807) is 37.6 Å². The molecule has 7 nitrogen and oxygen atoms in total. The zero-order valence-corrected chi connectivity index (χ0v) is 16.3. The van der Waals surface area contributed by atoms with Crippen molar-refractivity contribution < 1.29 is 13.9 Å². The maximum Gasteiger partial charge on any atom is 0.234 e. The molecule has 3 rings (SSSR count). The van der Waals surface area contributed by atoms with Crippen molar-refractivity contribution in [3.8, 4) is 17.3 Å². The van der Waals surface area contributed by atoms with Crippen molar-refractivity contribution >= 4 is 23.4 Å². The monoisotopic (exact) mass is 386 g/mol. The van der Waals surface area contributed by atoms with Gasteiger partial charge in [0.2, 0.25) is 5.91 Å². The smallest absolute Gasteiger partial charge is 0.234 e. The Balaban J connectivity index is 1.66. The van der Waals surface area contributed by atoms with Gasteiger partial charge < -0.3 is 14.5 Å². The van der Waals surface area contributed by atoms with E-state index in [4.69, 9.17) is 9.15 Å². The Morgan fingerprint density at radius 3 is 2.67 bits per heavy atom. The Hall–Kier alpha value is -2.74. The second-order valence-corrected chi connectivity index (χ2v) is 7.30. The van der Waals surface area contributed by atoms with E-state index in [0.717, 1.165) is 18.0 Å². The molecule has 0 aliphatic heterocycles. The third kappa shape index (κ3) is 4.91. The lowest BCUT2D eigenvalue weighted by atomic mass is 10.2. The summed E-state index contributed by atoms with van der Waals surface area (Å²) in [5.41, 5.74) is 0.723. The normalized spacial score (nSPS) is 11.0. The molecule has 2 heterocycles. The molecule has 1 amide bonds. The zero-order valence-electron chi connectivity index (χ0n) is 15.5. The third-order valence-corrected chi connectivity index (χ3v) is 4.68. The lowest BCUT2D eigenvalue weighted by molar-refractivity contribution is -0.113. The van der Waals surface area contributed by atoms with Crippen LogP contribution in [0.25, 0.3) is 11.6 Å². The van der Waals surface area contributed by atoms with Gasteiger partial charge in [0, 0.05) is 12.2 Å². The van der Waals surface area contributed by atoms with E-state index in [1.807, 2.05) is 16.7 Å². The number of carbonyl (C=O) groups excluding carboxylic acids is 1. The first-order valence-corrected chi connectivity index (χ1v) is 9.59. The SMILES string of the molecule is COc1ccc(NC(=O)CSc2nnc(-c3ccco3)n2CC(C)C)cc1. The van der Waals surface area contributed by atoms with Crippen LogP contribution in [0.2, 0.25) is 0 Å². The fraction of sp³-hybridized carbons (Fsp3) is 0.316. The lowest BCUT2D eigenvalue weighted by Crippen LogP contribution is -2.15. The molecule has 1 aromatic carbocycles.